The van der Waals surface area contributed by atoms with Crippen molar-refractivity contribution >= 4 is 17.7 Å². The van der Waals surface area contributed by atoms with Crippen LogP contribution in [0, 0.1) is 0 Å². The molecule has 0 aromatic heterocycles. The molecule has 20 heavy (non-hydrogen) atoms. The van der Waals surface area contributed by atoms with Crippen LogP contribution in [0.5, 0.6) is 0 Å². The van der Waals surface area contributed by atoms with Gasteiger partial charge in [-0.25, -0.2) is 0 Å². The summed E-state index contributed by atoms with van der Waals surface area (Å²) in [5, 5.41) is 6.50. The summed E-state index contributed by atoms with van der Waals surface area (Å²) in [4.78, 5) is 12.8. The van der Waals surface area contributed by atoms with E-state index in [-0.39, 0.29) is 5.91 Å². The number of nitrogens with one attached hydrogen (secondary N) is 2. The number of hydrogen-bond acceptors (Lipinski definition) is 3. The minimum atomic E-state index is 0.153. The molecule has 1 aliphatic carbocycles. The maximum absolute atomic E-state index is 11.7. The minimum absolute atomic E-state index is 0.153. The van der Waals surface area contributed by atoms with Crippen LogP contribution in [0.15, 0.2) is 29.2 Å². The van der Waals surface area contributed by atoms with E-state index in [1.165, 1.54) is 10.5 Å². The number of rotatable bonds is 8. The molecule has 1 fully saturated rings. The van der Waals surface area contributed by atoms with Gasteiger partial charge in [-0.3, -0.25) is 4.79 Å². The fraction of sp³-hybridized carbons (Fsp3) is 0.562. The molecule has 0 radical (unpaired) electrons. The lowest BCUT2D eigenvalue weighted by Crippen LogP contribution is -2.26. The maximum atomic E-state index is 11.7. The highest BCUT2D eigenvalue weighted by Gasteiger charge is 2.22. The van der Waals surface area contributed by atoms with Gasteiger partial charge in [-0.05, 0) is 50.4 Å². The van der Waals surface area contributed by atoms with Gasteiger partial charge in [0.15, 0.2) is 0 Å². The zero-order valence-corrected chi connectivity index (χ0v) is 13.1. The van der Waals surface area contributed by atoms with E-state index >= 15 is 0 Å². The SMILES string of the molecule is CCCNC(C)c1cccc(SCC(=O)NC2CC2)c1. The second kappa shape index (κ2) is 7.70. The van der Waals surface area contributed by atoms with Crippen molar-refractivity contribution in [3.63, 3.8) is 0 Å². The van der Waals surface area contributed by atoms with Gasteiger partial charge in [0.2, 0.25) is 5.91 Å². The van der Waals surface area contributed by atoms with Crippen molar-refractivity contribution in [2.75, 3.05) is 12.3 Å². The number of carbonyl (C=O) groups is 1. The Morgan fingerprint density at radius 3 is 2.95 bits per heavy atom. The number of hydrogen-bond donors (Lipinski definition) is 2. The first-order valence-electron chi connectivity index (χ1n) is 7.44. The van der Waals surface area contributed by atoms with Crippen LogP contribution in [0.1, 0.15) is 44.7 Å². The quantitative estimate of drug-likeness (QED) is 0.723. The Morgan fingerprint density at radius 2 is 2.25 bits per heavy atom. The minimum Gasteiger partial charge on any atom is -0.353 e. The third kappa shape index (κ3) is 5.17. The lowest BCUT2D eigenvalue weighted by Gasteiger charge is -2.14. The number of benzene rings is 1. The van der Waals surface area contributed by atoms with Crippen LogP contribution in [-0.4, -0.2) is 24.2 Å². The Bertz CT molecular complexity index is 446. The van der Waals surface area contributed by atoms with Gasteiger partial charge in [0, 0.05) is 17.0 Å². The van der Waals surface area contributed by atoms with Crippen LogP contribution in [0.3, 0.4) is 0 Å². The van der Waals surface area contributed by atoms with Crippen LogP contribution < -0.4 is 10.6 Å². The largest absolute Gasteiger partial charge is 0.353 e. The molecule has 0 spiro atoms. The van der Waals surface area contributed by atoms with E-state index in [9.17, 15) is 4.79 Å². The predicted molar refractivity (Wildman–Crippen MR) is 85.0 cm³/mol. The molecule has 1 aromatic carbocycles. The molecule has 0 heterocycles. The molecule has 0 aliphatic heterocycles. The Hall–Kier alpha value is -1.00. The zero-order valence-electron chi connectivity index (χ0n) is 12.3. The van der Waals surface area contributed by atoms with E-state index in [1.54, 1.807) is 11.8 Å². The molecule has 0 saturated heterocycles. The van der Waals surface area contributed by atoms with Gasteiger partial charge in [0.1, 0.15) is 0 Å². The summed E-state index contributed by atoms with van der Waals surface area (Å²) in [5.74, 6) is 0.663. The number of amides is 1. The predicted octanol–water partition coefficient (Wildman–Crippen LogP) is 3.12. The molecule has 3 nitrogen and oxygen atoms in total. The highest BCUT2D eigenvalue weighted by molar-refractivity contribution is 8.00. The summed E-state index contributed by atoms with van der Waals surface area (Å²) in [7, 11) is 0. The molecule has 0 bridgehead atoms. The summed E-state index contributed by atoms with van der Waals surface area (Å²) < 4.78 is 0. The first kappa shape index (κ1) is 15.4. The molecule has 1 aliphatic rings. The summed E-state index contributed by atoms with van der Waals surface area (Å²) in [6.07, 6.45) is 3.43. The lowest BCUT2D eigenvalue weighted by molar-refractivity contribution is -0.118. The third-order valence-electron chi connectivity index (χ3n) is 3.37. The fourth-order valence-corrected chi connectivity index (χ4v) is 2.77. The summed E-state index contributed by atoms with van der Waals surface area (Å²) in [6, 6.07) is 9.28. The van der Waals surface area contributed by atoms with Crippen molar-refractivity contribution < 1.29 is 4.79 Å². The van der Waals surface area contributed by atoms with E-state index in [0.29, 0.717) is 17.8 Å². The van der Waals surface area contributed by atoms with E-state index in [4.69, 9.17) is 0 Å². The second-order valence-electron chi connectivity index (χ2n) is 5.38. The molecule has 110 valence electrons. The maximum Gasteiger partial charge on any atom is 0.230 e. The number of thioether (sulfide) groups is 1. The van der Waals surface area contributed by atoms with Crippen molar-refractivity contribution in [2.24, 2.45) is 0 Å². The van der Waals surface area contributed by atoms with E-state index in [2.05, 4.69) is 48.7 Å². The smallest absolute Gasteiger partial charge is 0.230 e. The summed E-state index contributed by atoms with van der Waals surface area (Å²) in [6.45, 7) is 5.38. The van der Waals surface area contributed by atoms with Gasteiger partial charge in [-0.15, -0.1) is 11.8 Å². The summed E-state index contributed by atoms with van der Waals surface area (Å²) >= 11 is 1.61. The molecule has 1 saturated carbocycles. The first-order valence-corrected chi connectivity index (χ1v) is 8.43. The fourth-order valence-electron chi connectivity index (χ4n) is 2.00. The van der Waals surface area contributed by atoms with Crippen molar-refractivity contribution in [2.45, 2.75) is 50.1 Å². The Morgan fingerprint density at radius 1 is 1.45 bits per heavy atom. The van der Waals surface area contributed by atoms with Gasteiger partial charge >= 0.3 is 0 Å². The van der Waals surface area contributed by atoms with E-state index in [1.807, 2.05) is 0 Å². The van der Waals surface area contributed by atoms with Gasteiger partial charge < -0.3 is 10.6 Å². The topological polar surface area (TPSA) is 41.1 Å². The second-order valence-corrected chi connectivity index (χ2v) is 6.43. The molecule has 1 aromatic rings. The molecular formula is C16H24N2OS. The molecule has 4 heteroatoms. The molecular weight excluding hydrogens is 268 g/mol. The van der Waals surface area contributed by atoms with E-state index in [0.717, 1.165) is 25.8 Å². The van der Waals surface area contributed by atoms with Crippen LogP contribution in [0.4, 0.5) is 0 Å². The van der Waals surface area contributed by atoms with Crippen LogP contribution in [0.25, 0.3) is 0 Å². The van der Waals surface area contributed by atoms with E-state index < -0.39 is 0 Å². The average molecular weight is 292 g/mol. The van der Waals surface area contributed by atoms with Crippen molar-refractivity contribution in [3.05, 3.63) is 29.8 Å². The van der Waals surface area contributed by atoms with Gasteiger partial charge in [-0.1, -0.05) is 19.1 Å². The molecule has 2 rings (SSSR count). The summed E-state index contributed by atoms with van der Waals surface area (Å²) in [5.41, 5.74) is 1.28. The van der Waals surface area contributed by atoms with Crippen molar-refractivity contribution in [1.82, 2.24) is 10.6 Å². The van der Waals surface area contributed by atoms with Crippen LogP contribution in [0.2, 0.25) is 0 Å². The van der Waals surface area contributed by atoms with Gasteiger partial charge in [-0.2, -0.15) is 0 Å². The lowest BCUT2D eigenvalue weighted by atomic mass is 10.1. The monoisotopic (exact) mass is 292 g/mol. The standard InChI is InChI=1S/C16H24N2OS/c1-3-9-17-12(2)13-5-4-6-15(10-13)20-11-16(19)18-14-7-8-14/h4-6,10,12,14,17H,3,7-9,11H2,1-2H3,(H,18,19). The average Bonchev–Trinajstić information content (AvgIpc) is 3.27. The normalized spacial score (nSPS) is 15.9. The molecule has 1 amide bonds. The first-order chi connectivity index (χ1) is 9.69. The molecule has 1 atom stereocenters. The zero-order chi connectivity index (χ0) is 14.4. The van der Waals surface area contributed by atoms with Crippen LogP contribution >= 0.6 is 11.8 Å². The van der Waals surface area contributed by atoms with Crippen molar-refractivity contribution in [1.29, 1.82) is 0 Å². The number of carbonyl (C=O) groups excluding carboxylic acids is 1. The highest BCUT2D eigenvalue weighted by atomic mass is 32.2. The Labute approximate surface area is 125 Å². The van der Waals surface area contributed by atoms with Crippen LogP contribution in [-0.2, 0) is 4.79 Å². The molecule has 2 N–H and O–H groups in total. The Kier molecular flexibility index (Phi) is 5.92. The third-order valence-corrected chi connectivity index (χ3v) is 4.36. The highest BCUT2D eigenvalue weighted by Crippen LogP contribution is 2.23. The molecule has 1 unspecified atom stereocenters. The van der Waals surface area contributed by atoms with Crippen molar-refractivity contribution in [3.8, 4) is 0 Å². The Balaban J connectivity index is 1.83. The van der Waals surface area contributed by atoms with Gasteiger partial charge in [0.05, 0.1) is 5.75 Å². The van der Waals surface area contributed by atoms with Gasteiger partial charge in [0.25, 0.3) is 0 Å².